The molecule has 0 spiro atoms. The smallest absolute Gasteiger partial charge is 0.239 e. The average molecular weight is 246 g/mol. The number of carbonyl (C=O) groups excluding carboxylic acids is 1. The van der Waals surface area contributed by atoms with Crippen molar-refractivity contribution in [1.29, 1.82) is 0 Å². The maximum Gasteiger partial charge on any atom is 0.239 e. The summed E-state index contributed by atoms with van der Waals surface area (Å²) >= 11 is 0. The molecule has 18 heavy (non-hydrogen) atoms. The molecule has 1 fully saturated rings. The third kappa shape index (κ3) is 1.83. The fourth-order valence-corrected chi connectivity index (χ4v) is 2.13. The molecule has 3 N–H and O–H groups in total. The molecule has 7 nitrogen and oxygen atoms in total. The van der Waals surface area contributed by atoms with Gasteiger partial charge in [0, 0.05) is 25.5 Å². The summed E-state index contributed by atoms with van der Waals surface area (Å²) in [5.74, 6) is 1.08. The van der Waals surface area contributed by atoms with E-state index in [2.05, 4.69) is 15.3 Å². The Hall–Kier alpha value is -2.31. The molecule has 2 aromatic heterocycles. The number of nitrogen functional groups attached to an aromatic ring is 1. The minimum Gasteiger partial charge on any atom is -0.382 e. The number of aromatic nitrogens is 3. The van der Waals surface area contributed by atoms with Gasteiger partial charge in [0.05, 0.1) is 12.7 Å². The molecule has 0 saturated carbocycles. The van der Waals surface area contributed by atoms with Gasteiger partial charge in [0.25, 0.3) is 0 Å². The van der Waals surface area contributed by atoms with Crippen LogP contribution in [-0.2, 0) is 4.79 Å². The summed E-state index contributed by atoms with van der Waals surface area (Å²) in [6.07, 6.45) is 6.10. The molecule has 1 amide bonds. The lowest BCUT2D eigenvalue weighted by molar-refractivity contribution is -0.119. The number of amides is 1. The molecule has 7 heteroatoms. The highest BCUT2D eigenvalue weighted by Gasteiger charge is 2.19. The molecule has 0 bridgehead atoms. The predicted octanol–water partition coefficient (Wildman–Crippen LogP) is -0.362. The molecule has 1 saturated heterocycles. The average Bonchev–Trinajstić information content (AvgIpc) is 2.69. The molecule has 0 atom stereocenters. The van der Waals surface area contributed by atoms with E-state index in [0.717, 1.165) is 18.6 Å². The first-order valence-electron chi connectivity index (χ1n) is 5.85. The van der Waals surface area contributed by atoms with Gasteiger partial charge in [-0.25, -0.2) is 9.97 Å². The van der Waals surface area contributed by atoms with E-state index in [9.17, 15) is 4.79 Å². The Morgan fingerprint density at radius 3 is 3.22 bits per heavy atom. The van der Waals surface area contributed by atoms with Crippen LogP contribution >= 0.6 is 0 Å². The number of anilines is 2. The molecule has 2 aromatic rings. The van der Waals surface area contributed by atoms with Crippen molar-refractivity contribution in [2.75, 3.05) is 30.3 Å². The molecule has 0 radical (unpaired) electrons. The van der Waals surface area contributed by atoms with Gasteiger partial charge in [0.2, 0.25) is 5.91 Å². The summed E-state index contributed by atoms with van der Waals surface area (Å²) in [4.78, 5) is 22.1. The highest BCUT2D eigenvalue weighted by molar-refractivity contribution is 5.83. The van der Waals surface area contributed by atoms with E-state index in [4.69, 9.17) is 5.73 Å². The fourth-order valence-electron chi connectivity index (χ4n) is 2.13. The Kier molecular flexibility index (Phi) is 2.51. The summed E-state index contributed by atoms with van der Waals surface area (Å²) in [6.45, 7) is 1.75. The zero-order valence-corrected chi connectivity index (χ0v) is 9.83. The van der Waals surface area contributed by atoms with Crippen molar-refractivity contribution in [2.45, 2.75) is 6.42 Å². The van der Waals surface area contributed by atoms with Gasteiger partial charge in [0.1, 0.15) is 5.82 Å². The second kappa shape index (κ2) is 4.17. The molecule has 94 valence electrons. The van der Waals surface area contributed by atoms with E-state index in [1.54, 1.807) is 12.4 Å². The predicted molar refractivity (Wildman–Crippen MR) is 67.2 cm³/mol. The second-order valence-electron chi connectivity index (χ2n) is 4.27. The number of carbonyl (C=O) groups is 1. The molecular formula is C11H14N6O. The molecule has 3 rings (SSSR count). The van der Waals surface area contributed by atoms with Crippen LogP contribution in [0.2, 0.25) is 0 Å². The zero-order valence-electron chi connectivity index (χ0n) is 9.83. The van der Waals surface area contributed by atoms with E-state index in [1.165, 1.54) is 0 Å². The zero-order chi connectivity index (χ0) is 12.5. The lowest BCUT2D eigenvalue weighted by Gasteiger charge is -2.20. The Morgan fingerprint density at radius 1 is 1.44 bits per heavy atom. The number of nitrogens with one attached hydrogen (secondary N) is 1. The maximum atomic E-state index is 11.6. The van der Waals surface area contributed by atoms with Crippen LogP contribution in [0.4, 0.5) is 11.6 Å². The van der Waals surface area contributed by atoms with Gasteiger partial charge < -0.3 is 20.4 Å². The maximum absolute atomic E-state index is 11.6. The third-order valence-corrected chi connectivity index (χ3v) is 2.94. The molecule has 1 aliphatic rings. The second-order valence-corrected chi connectivity index (χ2v) is 4.27. The number of hydrogen-bond donors (Lipinski definition) is 2. The normalized spacial score (nSPS) is 16.7. The van der Waals surface area contributed by atoms with Gasteiger partial charge >= 0.3 is 0 Å². The van der Waals surface area contributed by atoms with Crippen LogP contribution in [0.15, 0.2) is 18.6 Å². The topological polar surface area (TPSA) is 88.5 Å². The molecule has 3 heterocycles. The quantitative estimate of drug-likeness (QED) is 0.717. The summed E-state index contributed by atoms with van der Waals surface area (Å²) in [6, 6.07) is 0. The molecule has 0 aromatic carbocycles. The van der Waals surface area contributed by atoms with Crippen LogP contribution in [0.3, 0.4) is 0 Å². The SMILES string of the molecule is Nc1cn2ccnc2c(N2CCCNC(=O)C2)n1. The lowest BCUT2D eigenvalue weighted by Crippen LogP contribution is -2.34. The number of hydrogen-bond acceptors (Lipinski definition) is 5. The largest absolute Gasteiger partial charge is 0.382 e. The number of rotatable bonds is 1. The van der Waals surface area contributed by atoms with Crippen LogP contribution in [0.25, 0.3) is 5.65 Å². The van der Waals surface area contributed by atoms with Gasteiger partial charge in [-0.15, -0.1) is 0 Å². The van der Waals surface area contributed by atoms with Crippen molar-refractivity contribution in [3.63, 3.8) is 0 Å². The van der Waals surface area contributed by atoms with Crippen molar-refractivity contribution in [2.24, 2.45) is 0 Å². The Labute approximate surface area is 104 Å². The first kappa shape index (κ1) is 10.8. The molecular weight excluding hydrogens is 232 g/mol. The van der Waals surface area contributed by atoms with Crippen LogP contribution < -0.4 is 16.0 Å². The number of imidazole rings is 1. The summed E-state index contributed by atoms with van der Waals surface area (Å²) in [5.41, 5.74) is 6.50. The van der Waals surface area contributed by atoms with E-state index in [-0.39, 0.29) is 5.91 Å². The minimum atomic E-state index is 0.00132. The van der Waals surface area contributed by atoms with Crippen molar-refractivity contribution in [1.82, 2.24) is 19.7 Å². The number of nitrogens with zero attached hydrogens (tertiary/aromatic N) is 4. The number of nitrogens with two attached hydrogens (primary N) is 1. The molecule has 0 aliphatic carbocycles. The fraction of sp³-hybridized carbons (Fsp3) is 0.364. The highest BCUT2D eigenvalue weighted by Crippen LogP contribution is 2.20. The van der Waals surface area contributed by atoms with Gasteiger partial charge in [0.15, 0.2) is 11.5 Å². The summed E-state index contributed by atoms with van der Waals surface area (Å²) in [7, 11) is 0. The van der Waals surface area contributed by atoms with E-state index >= 15 is 0 Å². The van der Waals surface area contributed by atoms with Gasteiger partial charge in [-0.1, -0.05) is 0 Å². The van der Waals surface area contributed by atoms with Gasteiger partial charge in [-0.05, 0) is 6.42 Å². The standard InChI is InChI=1S/C11H14N6O/c12-8-6-17-5-3-14-10(17)11(15-8)16-4-1-2-13-9(18)7-16/h3,5-6H,1-2,4,7,12H2,(H,13,18). The first-order chi connectivity index (χ1) is 8.74. The van der Waals surface area contributed by atoms with E-state index in [0.29, 0.717) is 24.7 Å². The summed E-state index contributed by atoms with van der Waals surface area (Å²) in [5, 5.41) is 2.83. The number of fused-ring (bicyclic) bond motifs is 1. The highest BCUT2D eigenvalue weighted by atomic mass is 16.2. The third-order valence-electron chi connectivity index (χ3n) is 2.94. The minimum absolute atomic E-state index is 0.00132. The van der Waals surface area contributed by atoms with Crippen LogP contribution in [0.5, 0.6) is 0 Å². The van der Waals surface area contributed by atoms with Crippen molar-refractivity contribution in [3.8, 4) is 0 Å². The van der Waals surface area contributed by atoms with E-state index < -0.39 is 0 Å². The first-order valence-corrected chi connectivity index (χ1v) is 5.85. The van der Waals surface area contributed by atoms with E-state index in [1.807, 2.05) is 15.5 Å². The lowest BCUT2D eigenvalue weighted by atomic mass is 10.4. The van der Waals surface area contributed by atoms with Crippen molar-refractivity contribution in [3.05, 3.63) is 18.6 Å². The van der Waals surface area contributed by atoms with Crippen LogP contribution in [0, 0.1) is 0 Å². The molecule has 1 aliphatic heterocycles. The monoisotopic (exact) mass is 246 g/mol. The van der Waals surface area contributed by atoms with Crippen molar-refractivity contribution < 1.29 is 4.79 Å². The molecule has 0 unspecified atom stereocenters. The van der Waals surface area contributed by atoms with Gasteiger partial charge in [-0.2, -0.15) is 0 Å². The summed E-state index contributed by atoms with van der Waals surface area (Å²) < 4.78 is 1.82. The Morgan fingerprint density at radius 2 is 2.33 bits per heavy atom. The van der Waals surface area contributed by atoms with Crippen LogP contribution in [-0.4, -0.2) is 39.9 Å². The van der Waals surface area contributed by atoms with Crippen LogP contribution in [0.1, 0.15) is 6.42 Å². The Balaban J connectivity index is 2.06. The van der Waals surface area contributed by atoms with Gasteiger partial charge in [-0.3, -0.25) is 4.79 Å². The Bertz CT molecular complexity index is 592. The van der Waals surface area contributed by atoms with Crippen molar-refractivity contribution >= 4 is 23.2 Å².